The van der Waals surface area contributed by atoms with Crippen LogP contribution in [0.15, 0.2) is 36.4 Å². The van der Waals surface area contributed by atoms with Gasteiger partial charge in [0.25, 0.3) is 11.6 Å². The van der Waals surface area contributed by atoms with Gasteiger partial charge in [-0.2, -0.15) is 0 Å². The van der Waals surface area contributed by atoms with Gasteiger partial charge in [0, 0.05) is 24.2 Å². The lowest BCUT2D eigenvalue weighted by atomic mass is 9.95. The molecule has 0 N–H and O–H groups in total. The Hall–Kier alpha value is -3.22. The van der Waals surface area contributed by atoms with Crippen LogP contribution in [-0.4, -0.2) is 30.5 Å². The number of benzene rings is 2. The number of carbonyl (C=O) groups is 2. The van der Waals surface area contributed by atoms with Crippen LogP contribution in [-0.2, 0) is 17.6 Å². The number of anilines is 1. The molecule has 7 nitrogen and oxygen atoms in total. The predicted molar refractivity (Wildman–Crippen MR) is 100 cm³/mol. The van der Waals surface area contributed by atoms with Crippen molar-refractivity contribution in [1.29, 1.82) is 0 Å². The fourth-order valence-corrected chi connectivity index (χ4v) is 3.45. The van der Waals surface area contributed by atoms with Gasteiger partial charge in [-0.15, -0.1) is 0 Å². The Morgan fingerprint density at radius 3 is 2.63 bits per heavy atom. The van der Waals surface area contributed by atoms with Crippen molar-refractivity contribution in [2.75, 3.05) is 18.6 Å². The SMILES string of the molecule is CCc1cccc2c1N(C(=O)c1cc(C(=O)OC)cc([N+](=O)[O-])c1)CCC2. The minimum absolute atomic E-state index is 0.0175. The number of ether oxygens (including phenoxy) is 1. The van der Waals surface area contributed by atoms with E-state index in [4.69, 9.17) is 0 Å². The van der Waals surface area contributed by atoms with Gasteiger partial charge in [0.2, 0.25) is 0 Å². The molecule has 1 aliphatic heterocycles. The second kappa shape index (κ2) is 7.57. The van der Waals surface area contributed by atoms with Crippen molar-refractivity contribution in [2.45, 2.75) is 26.2 Å². The molecule has 7 heteroatoms. The fraction of sp³-hybridized carbons (Fsp3) is 0.300. The molecule has 27 heavy (non-hydrogen) atoms. The molecule has 140 valence electrons. The molecule has 0 aromatic heterocycles. The number of non-ortho nitro benzene ring substituents is 1. The number of nitrogens with zero attached hydrogens (tertiary/aromatic N) is 2. The van der Waals surface area contributed by atoms with E-state index in [9.17, 15) is 19.7 Å². The number of amides is 1. The van der Waals surface area contributed by atoms with Gasteiger partial charge in [-0.25, -0.2) is 4.79 Å². The number of hydrogen-bond acceptors (Lipinski definition) is 5. The number of hydrogen-bond donors (Lipinski definition) is 0. The van der Waals surface area contributed by atoms with E-state index >= 15 is 0 Å². The van der Waals surface area contributed by atoms with Crippen molar-refractivity contribution in [3.05, 3.63) is 68.8 Å². The first-order valence-electron chi connectivity index (χ1n) is 8.76. The molecule has 1 amide bonds. The predicted octanol–water partition coefficient (Wildman–Crippen LogP) is 3.54. The van der Waals surface area contributed by atoms with Gasteiger partial charge in [-0.05, 0) is 36.5 Å². The molecule has 0 fully saturated rings. The molecular weight excluding hydrogens is 348 g/mol. The van der Waals surface area contributed by atoms with Crippen molar-refractivity contribution in [2.24, 2.45) is 0 Å². The Labute approximate surface area is 156 Å². The van der Waals surface area contributed by atoms with Crippen molar-refractivity contribution < 1.29 is 19.2 Å². The molecular formula is C20H20N2O5. The molecule has 0 saturated carbocycles. The number of aryl methyl sites for hydroxylation is 2. The summed E-state index contributed by atoms with van der Waals surface area (Å²) in [6.07, 6.45) is 2.47. The molecule has 1 heterocycles. The average molecular weight is 368 g/mol. The highest BCUT2D eigenvalue weighted by molar-refractivity contribution is 6.08. The lowest BCUT2D eigenvalue weighted by Crippen LogP contribution is -2.36. The molecule has 1 aliphatic rings. The van der Waals surface area contributed by atoms with Crippen LogP contribution in [0.3, 0.4) is 0 Å². The van der Waals surface area contributed by atoms with E-state index in [1.54, 1.807) is 4.90 Å². The Balaban J connectivity index is 2.09. The monoisotopic (exact) mass is 368 g/mol. The van der Waals surface area contributed by atoms with Gasteiger partial charge < -0.3 is 9.64 Å². The lowest BCUT2D eigenvalue weighted by molar-refractivity contribution is -0.384. The summed E-state index contributed by atoms with van der Waals surface area (Å²) < 4.78 is 4.66. The normalized spacial score (nSPS) is 13.0. The van der Waals surface area contributed by atoms with E-state index in [-0.39, 0.29) is 22.7 Å². The molecule has 0 spiro atoms. The second-order valence-corrected chi connectivity index (χ2v) is 6.36. The molecule has 0 unspecified atom stereocenters. The van der Waals surface area contributed by atoms with Crippen LogP contribution in [0.25, 0.3) is 0 Å². The number of nitro groups is 1. The second-order valence-electron chi connectivity index (χ2n) is 6.36. The third kappa shape index (κ3) is 3.53. The number of rotatable bonds is 4. The van der Waals surface area contributed by atoms with E-state index in [0.717, 1.165) is 42.1 Å². The van der Waals surface area contributed by atoms with E-state index < -0.39 is 10.9 Å². The van der Waals surface area contributed by atoms with Crippen molar-refractivity contribution >= 4 is 23.3 Å². The van der Waals surface area contributed by atoms with Gasteiger partial charge >= 0.3 is 5.97 Å². The summed E-state index contributed by atoms with van der Waals surface area (Å²) >= 11 is 0. The van der Waals surface area contributed by atoms with Gasteiger partial charge in [-0.1, -0.05) is 25.1 Å². The highest BCUT2D eigenvalue weighted by Gasteiger charge is 2.27. The first-order chi connectivity index (χ1) is 13.0. The van der Waals surface area contributed by atoms with E-state index in [2.05, 4.69) is 4.74 Å². The average Bonchev–Trinajstić information content (AvgIpc) is 2.71. The first-order valence-corrected chi connectivity index (χ1v) is 8.76. The number of methoxy groups -OCH3 is 1. The minimum atomic E-state index is -0.721. The summed E-state index contributed by atoms with van der Waals surface area (Å²) in [7, 11) is 1.19. The topological polar surface area (TPSA) is 89.8 Å². The van der Waals surface area contributed by atoms with E-state index in [0.29, 0.717) is 6.54 Å². The van der Waals surface area contributed by atoms with Crippen LogP contribution in [0.1, 0.15) is 45.2 Å². The van der Waals surface area contributed by atoms with E-state index in [1.165, 1.54) is 19.2 Å². The zero-order valence-corrected chi connectivity index (χ0v) is 15.2. The molecule has 0 aliphatic carbocycles. The smallest absolute Gasteiger partial charge is 0.338 e. The molecule has 0 bridgehead atoms. The standard InChI is InChI=1S/C20H20N2O5/c1-3-13-6-4-7-14-8-5-9-21(18(13)14)19(23)15-10-16(20(24)27-2)12-17(11-15)22(25)26/h4,6-7,10-12H,3,5,8-9H2,1-2H3. The maximum atomic E-state index is 13.2. The van der Waals surface area contributed by atoms with Crippen LogP contribution in [0.4, 0.5) is 11.4 Å². The number of para-hydroxylation sites is 1. The Bertz CT molecular complexity index is 908. The number of carbonyl (C=O) groups excluding carboxylic acids is 2. The van der Waals surface area contributed by atoms with Crippen LogP contribution in [0.5, 0.6) is 0 Å². The summed E-state index contributed by atoms with van der Waals surface area (Å²) in [4.78, 5) is 37.4. The molecule has 0 radical (unpaired) electrons. The highest BCUT2D eigenvalue weighted by Crippen LogP contribution is 2.33. The zero-order chi connectivity index (χ0) is 19.6. The summed E-state index contributed by atoms with van der Waals surface area (Å²) in [6, 6.07) is 9.64. The van der Waals surface area contributed by atoms with Crippen molar-refractivity contribution in [1.82, 2.24) is 0 Å². The van der Waals surface area contributed by atoms with Crippen LogP contribution < -0.4 is 4.90 Å². The summed E-state index contributed by atoms with van der Waals surface area (Å²) in [6.45, 7) is 2.55. The fourth-order valence-electron chi connectivity index (χ4n) is 3.45. The van der Waals surface area contributed by atoms with Gasteiger partial charge in [-0.3, -0.25) is 14.9 Å². The number of esters is 1. The Kier molecular flexibility index (Phi) is 5.21. The van der Waals surface area contributed by atoms with Crippen LogP contribution in [0.2, 0.25) is 0 Å². The van der Waals surface area contributed by atoms with Crippen LogP contribution >= 0.6 is 0 Å². The Morgan fingerprint density at radius 1 is 1.22 bits per heavy atom. The molecule has 0 saturated heterocycles. The Morgan fingerprint density at radius 2 is 1.96 bits per heavy atom. The van der Waals surface area contributed by atoms with Gasteiger partial charge in [0.15, 0.2) is 0 Å². The molecule has 3 rings (SSSR count). The van der Waals surface area contributed by atoms with E-state index in [1.807, 2.05) is 25.1 Å². The first kappa shape index (κ1) is 18.6. The summed E-state index contributed by atoms with van der Waals surface area (Å²) in [5.41, 5.74) is 2.79. The lowest BCUT2D eigenvalue weighted by Gasteiger charge is -2.31. The van der Waals surface area contributed by atoms with Gasteiger partial charge in [0.05, 0.1) is 23.3 Å². The van der Waals surface area contributed by atoms with Crippen molar-refractivity contribution in [3.8, 4) is 0 Å². The molecule has 2 aromatic carbocycles. The van der Waals surface area contributed by atoms with Crippen molar-refractivity contribution in [3.63, 3.8) is 0 Å². The van der Waals surface area contributed by atoms with Crippen LogP contribution in [0, 0.1) is 10.1 Å². The third-order valence-electron chi connectivity index (χ3n) is 4.72. The maximum absolute atomic E-state index is 13.2. The number of nitro benzene ring substituents is 1. The largest absolute Gasteiger partial charge is 0.465 e. The zero-order valence-electron chi connectivity index (χ0n) is 15.2. The molecule has 0 atom stereocenters. The summed E-state index contributed by atoms with van der Waals surface area (Å²) in [5, 5.41) is 11.2. The summed E-state index contributed by atoms with van der Waals surface area (Å²) in [5.74, 6) is -1.08. The highest BCUT2D eigenvalue weighted by atomic mass is 16.6. The van der Waals surface area contributed by atoms with Gasteiger partial charge in [0.1, 0.15) is 0 Å². The number of fused-ring (bicyclic) bond motifs is 1. The quantitative estimate of drug-likeness (QED) is 0.468. The maximum Gasteiger partial charge on any atom is 0.338 e. The molecule has 2 aromatic rings. The third-order valence-corrected chi connectivity index (χ3v) is 4.72. The minimum Gasteiger partial charge on any atom is -0.465 e.